The highest BCUT2D eigenvalue weighted by molar-refractivity contribution is 6.32. The van der Waals surface area contributed by atoms with E-state index in [-0.39, 0.29) is 22.4 Å². The van der Waals surface area contributed by atoms with Crippen LogP contribution < -0.4 is 4.74 Å². The topological polar surface area (TPSA) is 72.0 Å². The van der Waals surface area contributed by atoms with Gasteiger partial charge in [0.15, 0.2) is 6.61 Å². The molecule has 2 heterocycles. The van der Waals surface area contributed by atoms with Crippen LogP contribution in [0.2, 0.25) is 5.02 Å². The molecule has 2 rings (SSSR count). The van der Waals surface area contributed by atoms with Crippen molar-refractivity contribution in [3.63, 3.8) is 0 Å². The van der Waals surface area contributed by atoms with E-state index in [1.54, 1.807) is 9.80 Å². The van der Waals surface area contributed by atoms with Gasteiger partial charge < -0.3 is 19.3 Å². The molecule has 0 atom stereocenters. The summed E-state index contributed by atoms with van der Waals surface area (Å²) >= 11 is 5.90. The molecule has 1 fully saturated rings. The molecule has 29 heavy (non-hydrogen) atoms. The molecule has 1 aliphatic heterocycles. The van der Waals surface area contributed by atoms with E-state index in [0.717, 1.165) is 6.20 Å². The molecule has 0 saturated carbocycles. The van der Waals surface area contributed by atoms with Crippen LogP contribution in [0, 0.1) is 5.92 Å². The highest BCUT2D eigenvalue weighted by atomic mass is 35.5. The van der Waals surface area contributed by atoms with Gasteiger partial charge in [0.2, 0.25) is 5.88 Å². The summed E-state index contributed by atoms with van der Waals surface area (Å²) in [5, 5.41) is -0.186. The first-order valence-corrected chi connectivity index (χ1v) is 9.50. The molecule has 1 aromatic heterocycles. The van der Waals surface area contributed by atoms with E-state index < -0.39 is 24.8 Å². The number of carbonyl (C=O) groups excluding carboxylic acids is 2. The third kappa shape index (κ3) is 7.26. The molecule has 7 nitrogen and oxygen atoms in total. The van der Waals surface area contributed by atoms with E-state index in [4.69, 9.17) is 16.3 Å². The zero-order valence-corrected chi connectivity index (χ0v) is 16.9. The number of nitrogens with zero attached hydrogens (tertiary/aromatic N) is 3. The molecular formula is C18H23ClF3N3O4. The van der Waals surface area contributed by atoms with E-state index in [1.807, 2.05) is 13.8 Å². The van der Waals surface area contributed by atoms with Crippen molar-refractivity contribution >= 4 is 23.6 Å². The number of amides is 2. The van der Waals surface area contributed by atoms with Gasteiger partial charge in [-0.15, -0.1) is 0 Å². The number of alkyl halides is 3. The summed E-state index contributed by atoms with van der Waals surface area (Å²) in [6, 6.07) is 1.22. The number of halogens is 4. The second kappa shape index (κ2) is 10.00. The van der Waals surface area contributed by atoms with Crippen molar-refractivity contribution in [2.75, 3.05) is 39.4 Å². The number of aromatic nitrogens is 1. The maximum atomic E-state index is 12.7. The van der Waals surface area contributed by atoms with Crippen LogP contribution in [0.3, 0.4) is 0 Å². The quantitative estimate of drug-likeness (QED) is 0.703. The fraction of sp³-hybridized carbons (Fsp3) is 0.611. The highest BCUT2D eigenvalue weighted by Gasteiger charge is 2.29. The second-order valence-electron chi connectivity index (χ2n) is 7.02. The van der Waals surface area contributed by atoms with Crippen molar-refractivity contribution in [1.82, 2.24) is 14.8 Å². The van der Waals surface area contributed by atoms with Gasteiger partial charge >= 0.3 is 12.3 Å². The Morgan fingerprint density at radius 1 is 1.21 bits per heavy atom. The largest absolute Gasteiger partial charge is 0.467 e. The average molecular weight is 438 g/mol. The van der Waals surface area contributed by atoms with Crippen molar-refractivity contribution in [2.45, 2.75) is 26.4 Å². The molecule has 2 amide bonds. The Morgan fingerprint density at radius 2 is 1.86 bits per heavy atom. The van der Waals surface area contributed by atoms with Gasteiger partial charge in [-0.2, -0.15) is 13.2 Å². The number of rotatable bonds is 5. The fourth-order valence-corrected chi connectivity index (χ4v) is 2.83. The van der Waals surface area contributed by atoms with Gasteiger partial charge in [0.25, 0.3) is 5.91 Å². The van der Waals surface area contributed by atoms with Gasteiger partial charge in [-0.3, -0.25) is 4.79 Å². The predicted octanol–water partition coefficient (Wildman–Crippen LogP) is 3.62. The molecular weight excluding hydrogens is 415 g/mol. The van der Waals surface area contributed by atoms with E-state index in [2.05, 4.69) is 9.72 Å². The molecule has 0 spiro atoms. The molecule has 0 radical (unpaired) electrons. The minimum atomic E-state index is -4.52. The van der Waals surface area contributed by atoms with Crippen LogP contribution in [0.25, 0.3) is 0 Å². The molecule has 1 saturated heterocycles. The summed E-state index contributed by atoms with van der Waals surface area (Å²) in [5.74, 6) is -0.543. The van der Waals surface area contributed by atoms with Gasteiger partial charge in [-0.1, -0.05) is 25.4 Å². The Hall–Kier alpha value is -2.23. The smallest absolute Gasteiger partial charge is 0.422 e. The molecule has 0 unspecified atom stereocenters. The zero-order chi connectivity index (χ0) is 21.6. The van der Waals surface area contributed by atoms with Crippen molar-refractivity contribution in [1.29, 1.82) is 0 Å². The highest BCUT2D eigenvalue weighted by Crippen LogP contribution is 2.25. The lowest BCUT2D eigenvalue weighted by Gasteiger charge is -2.22. The van der Waals surface area contributed by atoms with E-state index in [9.17, 15) is 22.8 Å². The van der Waals surface area contributed by atoms with Gasteiger partial charge in [0, 0.05) is 32.4 Å². The van der Waals surface area contributed by atoms with Crippen molar-refractivity contribution in [3.8, 4) is 5.88 Å². The maximum Gasteiger partial charge on any atom is 0.422 e. The first-order valence-electron chi connectivity index (χ1n) is 9.13. The zero-order valence-electron chi connectivity index (χ0n) is 16.2. The molecule has 0 aliphatic carbocycles. The van der Waals surface area contributed by atoms with Crippen molar-refractivity contribution < 1.29 is 32.2 Å². The van der Waals surface area contributed by atoms with Crippen molar-refractivity contribution in [3.05, 3.63) is 22.8 Å². The number of hydrogen-bond acceptors (Lipinski definition) is 5. The summed E-state index contributed by atoms with van der Waals surface area (Å²) in [6.07, 6.45) is -3.24. The standard InChI is InChI=1S/C18H23ClF3N3O4/c1-12(2)10-28-17(27)25-5-3-4-24(6-7-25)16(26)13-8-14(19)15(23-9-13)29-11-18(20,21)22/h8-9,12H,3-7,10-11H2,1-2H3. The Labute approximate surface area is 171 Å². The number of carbonyl (C=O) groups is 2. The van der Waals surface area contributed by atoms with Crippen LogP contribution in [-0.2, 0) is 4.74 Å². The lowest BCUT2D eigenvalue weighted by atomic mass is 10.2. The summed E-state index contributed by atoms with van der Waals surface area (Å²) < 4.78 is 46.5. The van der Waals surface area contributed by atoms with E-state index in [0.29, 0.717) is 39.2 Å². The third-order valence-electron chi connectivity index (χ3n) is 4.01. The Morgan fingerprint density at radius 3 is 2.48 bits per heavy atom. The lowest BCUT2D eigenvalue weighted by Crippen LogP contribution is -2.38. The maximum absolute atomic E-state index is 12.7. The van der Waals surface area contributed by atoms with Crippen LogP contribution >= 0.6 is 11.6 Å². The van der Waals surface area contributed by atoms with E-state index in [1.165, 1.54) is 6.07 Å². The first-order chi connectivity index (χ1) is 13.6. The molecule has 1 aliphatic rings. The number of ether oxygens (including phenoxy) is 2. The van der Waals surface area contributed by atoms with Crippen LogP contribution in [0.5, 0.6) is 5.88 Å². The minimum Gasteiger partial charge on any atom is -0.467 e. The van der Waals surface area contributed by atoms with Gasteiger partial charge in [-0.25, -0.2) is 9.78 Å². The average Bonchev–Trinajstić information content (AvgIpc) is 2.90. The predicted molar refractivity (Wildman–Crippen MR) is 99.1 cm³/mol. The summed E-state index contributed by atoms with van der Waals surface area (Å²) in [7, 11) is 0. The van der Waals surface area contributed by atoms with Crippen LogP contribution in [0.15, 0.2) is 12.3 Å². The van der Waals surface area contributed by atoms with Gasteiger partial charge in [0.05, 0.1) is 12.2 Å². The van der Waals surface area contributed by atoms with Gasteiger partial charge in [0.1, 0.15) is 5.02 Å². The third-order valence-corrected chi connectivity index (χ3v) is 4.28. The molecule has 1 aromatic rings. The Balaban J connectivity index is 1.96. The molecule has 11 heteroatoms. The van der Waals surface area contributed by atoms with Crippen molar-refractivity contribution in [2.24, 2.45) is 5.92 Å². The van der Waals surface area contributed by atoms with Gasteiger partial charge in [-0.05, 0) is 18.4 Å². The summed E-state index contributed by atoms with van der Waals surface area (Å²) in [4.78, 5) is 31.6. The Kier molecular flexibility index (Phi) is 7.95. The lowest BCUT2D eigenvalue weighted by molar-refractivity contribution is -0.154. The normalized spacial score (nSPS) is 15.3. The first kappa shape index (κ1) is 23.1. The SMILES string of the molecule is CC(C)COC(=O)N1CCCN(C(=O)c2cnc(OCC(F)(F)F)c(Cl)c2)CC1. The number of hydrogen-bond donors (Lipinski definition) is 0. The molecule has 162 valence electrons. The van der Waals surface area contributed by atoms with Crippen LogP contribution in [0.1, 0.15) is 30.6 Å². The molecule has 0 bridgehead atoms. The summed E-state index contributed by atoms with van der Waals surface area (Å²) in [5.41, 5.74) is 0.130. The second-order valence-corrected chi connectivity index (χ2v) is 7.43. The monoisotopic (exact) mass is 437 g/mol. The van der Waals surface area contributed by atoms with Crippen LogP contribution in [0.4, 0.5) is 18.0 Å². The summed E-state index contributed by atoms with van der Waals surface area (Å²) in [6.45, 7) is 4.16. The molecule has 0 N–H and O–H groups in total. The van der Waals surface area contributed by atoms with E-state index >= 15 is 0 Å². The molecule has 0 aromatic carbocycles. The minimum absolute atomic E-state index is 0.130. The number of pyridine rings is 1. The Bertz CT molecular complexity index is 731. The fourth-order valence-electron chi connectivity index (χ4n) is 2.61. The van der Waals surface area contributed by atoms with Crippen LogP contribution in [-0.4, -0.2) is 72.4 Å².